The molecule has 0 saturated carbocycles. The monoisotopic (exact) mass is 318 g/mol. The summed E-state index contributed by atoms with van der Waals surface area (Å²) in [5.41, 5.74) is 1.91. The molecule has 5 heteroatoms. The molecule has 0 aliphatic carbocycles. The highest BCUT2D eigenvalue weighted by atomic mass is 35.5. The van der Waals surface area contributed by atoms with Gasteiger partial charge in [-0.15, -0.1) is 0 Å². The lowest BCUT2D eigenvalue weighted by Gasteiger charge is -2.07. The quantitative estimate of drug-likeness (QED) is 0.769. The van der Waals surface area contributed by atoms with Crippen molar-refractivity contribution in [3.05, 3.63) is 59.1 Å². The second kappa shape index (κ2) is 8.41. The molecule has 0 saturated heterocycles. The molecule has 0 heterocycles. The zero-order valence-electron chi connectivity index (χ0n) is 12.4. The van der Waals surface area contributed by atoms with Crippen LogP contribution in [0.4, 0.5) is 5.69 Å². The first-order valence-electron chi connectivity index (χ1n) is 7.06. The smallest absolute Gasteiger partial charge is 0.225 e. The first kappa shape index (κ1) is 16.3. The third kappa shape index (κ3) is 5.39. The summed E-state index contributed by atoms with van der Waals surface area (Å²) >= 11 is 5.80. The molecule has 0 aromatic heterocycles. The van der Waals surface area contributed by atoms with Gasteiger partial charge in [0.05, 0.1) is 7.11 Å². The standard InChI is InChI=1S/C17H19ClN2O2/c1-22-16-8-2-13(3-9-16)12-19-11-10-17(21)20-15-6-4-14(18)5-7-15/h2-9,19H,10-12H2,1H3,(H,20,21). The highest BCUT2D eigenvalue weighted by molar-refractivity contribution is 6.30. The van der Waals surface area contributed by atoms with E-state index in [1.54, 1.807) is 31.4 Å². The molecule has 1 amide bonds. The van der Waals surface area contributed by atoms with Crippen LogP contribution in [0.2, 0.25) is 5.02 Å². The van der Waals surface area contributed by atoms with Gasteiger partial charge in [-0.25, -0.2) is 0 Å². The third-order valence-corrected chi connectivity index (χ3v) is 3.40. The van der Waals surface area contributed by atoms with Gasteiger partial charge in [-0.1, -0.05) is 23.7 Å². The van der Waals surface area contributed by atoms with Crippen molar-refractivity contribution in [1.29, 1.82) is 0 Å². The van der Waals surface area contributed by atoms with Crippen LogP contribution >= 0.6 is 11.6 Å². The van der Waals surface area contributed by atoms with Crippen molar-refractivity contribution in [1.82, 2.24) is 5.32 Å². The first-order chi connectivity index (χ1) is 10.7. The number of anilines is 1. The Morgan fingerprint density at radius 3 is 2.41 bits per heavy atom. The Bertz CT molecular complexity index is 597. The number of methoxy groups -OCH3 is 1. The van der Waals surface area contributed by atoms with Crippen molar-refractivity contribution in [2.75, 3.05) is 19.0 Å². The average molecular weight is 319 g/mol. The normalized spacial score (nSPS) is 10.3. The molecule has 0 spiro atoms. The highest BCUT2D eigenvalue weighted by Gasteiger charge is 2.02. The average Bonchev–Trinajstić information content (AvgIpc) is 2.54. The number of carbonyl (C=O) groups is 1. The molecular weight excluding hydrogens is 300 g/mol. The van der Waals surface area contributed by atoms with Crippen LogP contribution in [0.25, 0.3) is 0 Å². The second-order valence-electron chi connectivity index (χ2n) is 4.83. The summed E-state index contributed by atoms with van der Waals surface area (Å²) in [5, 5.41) is 6.72. The number of nitrogens with one attached hydrogen (secondary N) is 2. The molecule has 0 aliphatic rings. The van der Waals surface area contributed by atoms with Crippen LogP contribution in [0.5, 0.6) is 5.75 Å². The van der Waals surface area contributed by atoms with Crippen LogP contribution in [0.3, 0.4) is 0 Å². The van der Waals surface area contributed by atoms with E-state index in [1.807, 2.05) is 24.3 Å². The number of hydrogen-bond donors (Lipinski definition) is 2. The predicted octanol–water partition coefficient (Wildman–Crippen LogP) is 3.47. The molecule has 2 rings (SSSR count). The van der Waals surface area contributed by atoms with Crippen LogP contribution in [0, 0.1) is 0 Å². The Labute approximate surface area is 135 Å². The summed E-state index contributed by atoms with van der Waals surface area (Å²) in [6, 6.07) is 14.9. The predicted molar refractivity (Wildman–Crippen MR) is 89.4 cm³/mol. The van der Waals surface area contributed by atoms with E-state index in [4.69, 9.17) is 16.3 Å². The van der Waals surface area contributed by atoms with Crippen molar-refractivity contribution in [3.63, 3.8) is 0 Å². The number of ether oxygens (including phenoxy) is 1. The van der Waals surface area contributed by atoms with Crippen molar-refractivity contribution in [3.8, 4) is 5.75 Å². The van der Waals surface area contributed by atoms with Gasteiger partial charge in [-0.3, -0.25) is 4.79 Å². The van der Waals surface area contributed by atoms with E-state index in [0.717, 1.165) is 23.5 Å². The minimum Gasteiger partial charge on any atom is -0.497 e. The van der Waals surface area contributed by atoms with E-state index >= 15 is 0 Å². The van der Waals surface area contributed by atoms with Crippen molar-refractivity contribution >= 4 is 23.2 Å². The fraction of sp³-hybridized carbons (Fsp3) is 0.235. The van der Waals surface area contributed by atoms with Crippen LogP contribution in [-0.2, 0) is 11.3 Å². The zero-order chi connectivity index (χ0) is 15.8. The van der Waals surface area contributed by atoms with E-state index < -0.39 is 0 Å². The Hall–Kier alpha value is -2.04. The topological polar surface area (TPSA) is 50.4 Å². The Morgan fingerprint density at radius 1 is 1.09 bits per heavy atom. The molecule has 4 nitrogen and oxygen atoms in total. The number of amides is 1. The Balaban J connectivity index is 1.67. The van der Waals surface area contributed by atoms with Crippen LogP contribution in [-0.4, -0.2) is 19.6 Å². The van der Waals surface area contributed by atoms with Gasteiger partial charge in [-0.05, 0) is 42.0 Å². The number of rotatable bonds is 7. The summed E-state index contributed by atoms with van der Waals surface area (Å²) in [5.74, 6) is 0.815. The third-order valence-electron chi connectivity index (χ3n) is 3.14. The fourth-order valence-electron chi connectivity index (χ4n) is 1.93. The number of benzene rings is 2. The van der Waals surface area contributed by atoms with Crippen molar-refractivity contribution in [2.45, 2.75) is 13.0 Å². The van der Waals surface area contributed by atoms with Crippen LogP contribution in [0.15, 0.2) is 48.5 Å². The van der Waals surface area contributed by atoms with E-state index in [2.05, 4.69) is 10.6 Å². The summed E-state index contributed by atoms with van der Waals surface area (Å²) in [6.07, 6.45) is 0.415. The Morgan fingerprint density at radius 2 is 1.77 bits per heavy atom. The molecule has 2 aromatic rings. The summed E-state index contributed by atoms with van der Waals surface area (Å²) in [7, 11) is 1.65. The van der Waals surface area contributed by atoms with Gasteiger partial charge in [0.2, 0.25) is 5.91 Å². The summed E-state index contributed by atoms with van der Waals surface area (Å²) in [4.78, 5) is 11.8. The first-order valence-corrected chi connectivity index (χ1v) is 7.44. The number of halogens is 1. The fourth-order valence-corrected chi connectivity index (χ4v) is 2.06. The maximum atomic E-state index is 11.8. The van der Waals surface area contributed by atoms with Gasteiger partial charge in [0.25, 0.3) is 0 Å². The molecule has 116 valence electrons. The molecule has 22 heavy (non-hydrogen) atoms. The minimum atomic E-state index is -0.0236. The molecular formula is C17H19ClN2O2. The van der Waals surface area contributed by atoms with Crippen molar-refractivity contribution in [2.24, 2.45) is 0 Å². The van der Waals surface area contributed by atoms with Gasteiger partial charge in [-0.2, -0.15) is 0 Å². The lowest BCUT2D eigenvalue weighted by Crippen LogP contribution is -2.21. The maximum Gasteiger partial charge on any atom is 0.225 e. The van der Waals surface area contributed by atoms with Crippen LogP contribution in [0.1, 0.15) is 12.0 Å². The van der Waals surface area contributed by atoms with Crippen LogP contribution < -0.4 is 15.4 Å². The maximum absolute atomic E-state index is 11.8. The van der Waals surface area contributed by atoms with E-state index in [0.29, 0.717) is 18.0 Å². The molecule has 0 atom stereocenters. The second-order valence-corrected chi connectivity index (χ2v) is 5.27. The van der Waals surface area contributed by atoms with Gasteiger partial charge in [0, 0.05) is 30.2 Å². The summed E-state index contributed by atoms with van der Waals surface area (Å²) in [6.45, 7) is 1.34. The van der Waals surface area contributed by atoms with E-state index in [-0.39, 0.29) is 5.91 Å². The lowest BCUT2D eigenvalue weighted by molar-refractivity contribution is -0.116. The largest absolute Gasteiger partial charge is 0.497 e. The SMILES string of the molecule is COc1ccc(CNCCC(=O)Nc2ccc(Cl)cc2)cc1. The molecule has 0 bridgehead atoms. The molecule has 0 aliphatic heterocycles. The van der Waals surface area contributed by atoms with E-state index in [1.165, 1.54) is 0 Å². The molecule has 0 fully saturated rings. The summed E-state index contributed by atoms with van der Waals surface area (Å²) < 4.78 is 5.11. The number of carbonyl (C=O) groups excluding carboxylic acids is 1. The number of hydrogen-bond acceptors (Lipinski definition) is 3. The highest BCUT2D eigenvalue weighted by Crippen LogP contribution is 2.13. The van der Waals surface area contributed by atoms with Gasteiger partial charge < -0.3 is 15.4 Å². The Kier molecular flexibility index (Phi) is 6.25. The zero-order valence-corrected chi connectivity index (χ0v) is 13.2. The van der Waals surface area contributed by atoms with Gasteiger partial charge in [0.1, 0.15) is 5.75 Å². The van der Waals surface area contributed by atoms with E-state index in [9.17, 15) is 4.79 Å². The molecule has 0 unspecified atom stereocenters. The van der Waals surface area contributed by atoms with Gasteiger partial charge >= 0.3 is 0 Å². The molecule has 2 aromatic carbocycles. The minimum absolute atomic E-state index is 0.0236. The van der Waals surface area contributed by atoms with Crippen molar-refractivity contribution < 1.29 is 9.53 Å². The molecule has 2 N–H and O–H groups in total. The van der Waals surface area contributed by atoms with Gasteiger partial charge in [0.15, 0.2) is 0 Å². The lowest BCUT2D eigenvalue weighted by atomic mass is 10.2. The molecule has 0 radical (unpaired) electrons.